The molecular weight excluding hydrogens is 294 g/mol. The van der Waals surface area contributed by atoms with Crippen LogP contribution in [0.15, 0.2) is 24.3 Å². The van der Waals surface area contributed by atoms with Gasteiger partial charge in [-0.05, 0) is 26.0 Å². The van der Waals surface area contributed by atoms with E-state index >= 15 is 0 Å². The minimum atomic E-state index is -3.48. The molecule has 0 spiro atoms. The van der Waals surface area contributed by atoms with Crippen LogP contribution in [0.1, 0.15) is 13.8 Å². The third kappa shape index (κ3) is 7.52. The lowest BCUT2D eigenvalue weighted by molar-refractivity contribution is 0.0913. The van der Waals surface area contributed by atoms with Crippen LogP contribution in [0.5, 0.6) is 5.75 Å². The number of ether oxygens (including phenoxy) is 2. The molecule has 0 aliphatic rings. The van der Waals surface area contributed by atoms with Crippen LogP contribution in [-0.4, -0.2) is 39.3 Å². The SMILES string of the molecule is CC(C)OCCS(=O)(=O)Nc1cccc(OCC(=N)N)c1. The summed E-state index contributed by atoms with van der Waals surface area (Å²) in [5, 5.41) is 7.08. The number of nitrogens with one attached hydrogen (secondary N) is 2. The maximum absolute atomic E-state index is 11.9. The molecule has 8 heteroatoms. The molecule has 0 saturated heterocycles. The lowest BCUT2D eigenvalue weighted by Crippen LogP contribution is -2.21. The van der Waals surface area contributed by atoms with E-state index in [9.17, 15) is 8.42 Å². The Hall–Kier alpha value is -1.80. The van der Waals surface area contributed by atoms with Crippen molar-refractivity contribution in [3.8, 4) is 5.75 Å². The molecule has 21 heavy (non-hydrogen) atoms. The van der Waals surface area contributed by atoms with E-state index in [0.717, 1.165) is 0 Å². The number of nitrogens with two attached hydrogens (primary N) is 1. The smallest absolute Gasteiger partial charge is 0.235 e. The number of hydrogen-bond donors (Lipinski definition) is 3. The Morgan fingerprint density at radius 1 is 1.43 bits per heavy atom. The molecule has 0 fully saturated rings. The van der Waals surface area contributed by atoms with Gasteiger partial charge in [-0.2, -0.15) is 0 Å². The number of anilines is 1. The van der Waals surface area contributed by atoms with Gasteiger partial charge in [0.1, 0.15) is 18.2 Å². The highest BCUT2D eigenvalue weighted by molar-refractivity contribution is 7.92. The lowest BCUT2D eigenvalue weighted by Gasteiger charge is -2.11. The fraction of sp³-hybridized carbons (Fsp3) is 0.462. The van der Waals surface area contributed by atoms with E-state index in [-0.39, 0.29) is 30.9 Å². The summed E-state index contributed by atoms with van der Waals surface area (Å²) in [4.78, 5) is 0. The van der Waals surface area contributed by atoms with E-state index in [4.69, 9.17) is 20.6 Å². The fourth-order valence-electron chi connectivity index (χ4n) is 1.43. The third-order valence-electron chi connectivity index (χ3n) is 2.30. The molecule has 1 aromatic carbocycles. The molecule has 0 aromatic heterocycles. The van der Waals surface area contributed by atoms with Crippen LogP contribution in [0.25, 0.3) is 0 Å². The standard InChI is InChI=1S/C13H21N3O4S/c1-10(2)19-6-7-21(17,18)16-11-4-3-5-12(8-11)20-9-13(14)15/h3-5,8,10,16H,6-7,9H2,1-2H3,(H3,14,15). The lowest BCUT2D eigenvalue weighted by atomic mass is 10.3. The van der Waals surface area contributed by atoms with Crippen LogP contribution in [0.2, 0.25) is 0 Å². The first-order chi connectivity index (χ1) is 9.78. The van der Waals surface area contributed by atoms with Crippen molar-refractivity contribution in [1.82, 2.24) is 0 Å². The first kappa shape index (κ1) is 17.3. The average Bonchev–Trinajstić information content (AvgIpc) is 2.35. The highest BCUT2D eigenvalue weighted by Crippen LogP contribution is 2.18. The van der Waals surface area contributed by atoms with Gasteiger partial charge in [-0.3, -0.25) is 10.1 Å². The molecule has 0 unspecified atom stereocenters. The van der Waals surface area contributed by atoms with Gasteiger partial charge in [-0.15, -0.1) is 0 Å². The molecule has 0 heterocycles. The molecule has 4 N–H and O–H groups in total. The van der Waals surface area contributed by atoms with Gasteiger partial charge >= 0.3 is 0 Å². The third-order valence-corrected chi connectivity index (χ3v) is 3.56. The summed E-state index contributed by atoms with van der Waals surface area (Å²) in [6, 6.07) is 6.45. The van der Waals surface area contributed by atoms with Crippen molar-refractivity contribution in [1.29, 1.82) is 5.41 Å². The van der Waals surface area contributed by atoms with Gasteiger partial charge < -0.3 is 15.2 Å². The molecule has 0 atom stereocenters. The first-order valence-electron chi connectivity index (χ1n) is 6.46. The van der Waals surface area contributed by atoms with Crippen molar-refractivity contribution in [2.24, 2.45) is 5.73 Å². The number of hydrogen-bond acceptors (Lipinski definition) is 5. The fourth-order valence-corrected chi connectivity index (χ4v) is 2.34. The number of rotatable bonds is 9. The van der Waals surface area contributed by atoms with Gasteiger partial charge in [-0.25, -0.2) is 8.42 Å². The van der Waals surface area contributed by atoms with E-state index in [1.807, 2.05) is 13.8 Å². The normalized spacial score (nSPS) is 11.4. The van der Waals surface area contributed by atoms with Crippen LogP contribution in [-0.2, 0) is 14.8 Å². The van der Waals surface area contributed by atoms with Crippen molar-refractivity contribution in [2.75, 3.05) is 23.7 Å². The highest BCUT2D eigenvalue weighted by Gasteiger charge is 2.11. The zero-order chi connectivity index (χ0) is 15.9. The van der Waals surface area contributed by atoms with E-state index < -0.39 is 10.0 Å². The molecule has 0 saturated carbocycles. The molecule has 7 nitrogen and oxygen atoms in total. The summed E-state index contributed by atoms with van der Waals surface area (Å²) in [6.45, 7) is 3.78. The van der Waals surface area contributed by atoms with Gasteiger partial charge in [0.25, 0.3) is 0 Å². The van der Waals surface area contributed by atoms with E-state index in [2.05, 4.69) is 4.72 Å². The number of sulfonamides is 1. The molecule has 118 valence electrons. The summed E-state index contributed by atoms with van der Waals surface area (Å²) < 4.78 is 36.6. The van der Waals surface area contributed by atoms with Gasteiger partial charge in [0.05, 0.1) is 24.2 Å². The van der Waals surface area contributed by atoms with Gasteiger partial charge in [0.2, 0.25) is 10.0 Å². The van der Waals surface area contributed by atoms with Crippen molar-refractivity contribution in [2.45, 2.75) is 20.0 Å². The Morgan fingerprint density at radius 2 is 2.14 bits per heavy atom. The Bertz CT molecular complexity index is 573. The average molecular weight is 315 g/mol. The summed E-state index contributed by atoms with van der Waals surface area (Å²) in [6.07, 6.45) is -0.0106. The van der Waals surface area contributed by atoms with Gasteiger partial charge in [-0.1, -0.05) is 6.07 Å². The largest absolute Gasteiger partial charge is 0.486 e. The van der Waals surface area contributed by atoms with Crippen molar-refractivity contribution in [3.63, 3.8) is 0 Å². The summed E-state index contributed by atoms with van der Waals surface area (Å²) in [5.41, 5.74) is 5.58. The summed E-state index contributed by atoms with van der Waals surface area (Å²) >= 11 is 0. The van der Waals surface area contributed by atoms with Crippen LogP contribution in [0.3, 0.4) is 0 Å². The van der Waals surface area contributed by atoms with Crippen molar-refractivity contribution in [3.05, 3.63) is 24.3 Å². The Kier molecular flexibility index (Phi) is 6.44. The topological polar surface area (TPSA) is 115 Å². The molecular formula is C13H21N3O4S. The first-order valence-corrected chi connectivity index (χ1v) is 8.11. The molecule has 0 radical (unpaired) electrons. The second kappa shape index (κ2) is 7.84. The van der Waals surface area contributed by atoms with Crippen LogP contribution >= 0.6 is 0 Å². The number of amidine groups is 1. The molecule has 0 aliphatic heterocycles. The Morgan fingerprint density at radius 3 is 2.76 bits per heavy atom. The predicted octanol–water partition coefficient (Wildman–Crippen LogP) is 1.17. The summed E-state index contributed by atoms with van der Waals surface area (Å²) in [7, 11) is -3.48. The Labute approximate surface area is 125 Å². The quantitative estimate of drug-likeness (QED) is 0.467. The summed E-state index contributed by atoms with van der Waals surface area (Å²) in [5.74, 6) is 0.208. The molecule has 1 aromatic rings. The highest BCUT2D eigenvalue weighted by atomic mass is 32.2. The van der Waals surface area contributed by atoms with Gasteiger partial charge in [0.15, 0.2) is 0 Å². The Balaban J connectivity index is 2.60. The minimum Gasteiger partial charge on any atom is -0.486 e. The molecule has 0 amide bonds. The number of benzene rings is 1. The van der Waals surface area contributed by atoms with Crippen LogP contribution in [0, 0.1) is 5.41 Å². The van der Waals surface area contributed by atoms with E-state index in [1.54, 1.807) is 18.2 Å². The minimum absolute atomic E-state index is 0.0106. The monoisotopic (exact) mass is 315 g/mol. The van der Waals surface area contributed by atoms with Crippen LogP contribution < -0.4 is 15.2 Å². The molecule has 1 rings (SSSR count). The second-order valence-corrected chi connectivity index (χ2v) is 6.52. The van der Waals surface area contributed by atoms with E-state index in [1.165, 1.54) is 6.07 Å². The zero-order valence-corrected chi connectivity index (χ0v) is 12.9. The van der Waals surface area contributed by atoms with E-state index in [0.29, 0.717) is 11.4 Å². The van der Waals surface area contributed by atoms with Crippen molar-refractivity contribution >= 4 is 21.5 Å². The van der Waals surface area contributed by atoms with Crippen molar-refractivity contribution < 1.29 is 17.9 Å². The van der Waals surface area contributed by atoms with Gasteiger partial charge in [0, 0.05) is 6.07 Å². The maximum atomic E-state index is 11.9. The molecule has 0 bridgehead atoms. The predicted molar refractivity (Wildman–Crippen MR) is 82.3 cm³/mol. The second-order valence-electron chi connectivity index (χ2n) is 4.68. The maximum Gasteiger partial charge on any atom is 0.235 e. The zero-order valence-electron chi connectivity index (χ0n) is 12.1. The molecule has 0 aliphatic carbocycles. The van der Waals surface area contributed by atoms with Crippen LogP contribution in [0.4, 0.5) is 5.69 Å².